The van der Waals surface area contributed by atoms with Crippen LogP contribution in [0.25, 0.3) is 0 Å². The van der Waals surface area contributed by atoms with Crippen LogP contribution in [0, 0.1) is 5.82 Å². The Morgan fingerprint density at radius 3 is 2.73 bits per heavy atom. The summed E-state index contributed by atoms with van der Waals surface area (Å²) in [4.78, 5) is 10.9. The Morgan fingerprint density at radius 2 is 2.13 bits per heavy atom. The number of methoxy groups -OCH3 is 1. The molecule has 1 rings (SSSR count). The summed E-state index contributed by atoms with van der Waals surface area (Å²) in [6.45, 7) is 1.68. The van der Waals surface area contributed by atoms with Crippen LogP contribution in [0.5, 0.6) is 5.75 Å². The molecule has 4 heteroatoms. The van der Waals surface area contributed by atoms with Crippen molar-refractivity contribution in [1.82, 2.24) is 0 Å². The van der Waals surface area contributed by atoms with E-state index in [4.69, 9.17) is 4.74 Å². The van der Waals surface area contributed by atoms with E-state index in [2.05, 4.69) is 4.74 Å². The van der Waals surface area contributed by atoms with Gasteiger partial charge < -0.3 is 9.47 Å². The third-order valence-corrected chi connectivity index (χ3v) is 1.85. The molecule has 0 N–H and O–H groups in total. The van der Waals surface area contributed by atoms with Crippen LogP contribution in [0.3, 0.4) is 0 Å². The summed E-state index contributed by atoms with van der Waals surface area (Å²) in [5.41, 5.74) is 0. The fraction of sp³-hybridized carbons (Fsp3) is 0.364. The predicted octanol–water partition coefficient (Wildman–Crippen LogP) is 2.16. The van der Waals surface area contributed by atoms with E-state index >= 15 is 0 Å². The number of para-hydroxylation sites is 1. The van der Waals surface area contributed by atoms with Crippen LogP contribution in [-0.2, 0) is 9.53 Å². The van der Waals surface area contributed by atoms with Gasteiger partial charge in [0.25, 0.3) is 0 Å². The number of carbonyl (C=O) groups excluding carboxylic acids is 1. The number of esters is 1. The van der Waals surface area contributed by atoms with Crippen molar-refractivity contribution in [1.29, 1.82) is 0 Å². The van der Waals surface area contributed by atoms with Gasteiger partial charge in [-0.2, -0.15) is 0 Å². The van der Waals surface area contributed by atoms with E-state index in [1.807, 2.05) is 0 Å². The molecule has 1 aromatic rings. The summed E-state index contributed by atoms with van der Waals surface area (Å²) < 4.78 is 22.8. The number of halogens is 1. The van der Waals surface area contributed by atoms with Gasteiger partial charge in [0.1, 0.15) is 6.10 Å². The Balaban J connectivity index is 2.55. The van der Waals surface area contributed by atoms with Gasteiger partial charge in [0.05, 0.1) is 13.5 Å². The molecule has 1 aromatic carbocycles. The smallest absolute Gasteiger partial charge is 0.309 e. The average molecular weight is 212 g/mol. The molecule has 0 saturated heterocycles. The highest BCUT2D eigenvalue weighted by atomic mass is 19.1. The molecule has 1 unspecified atom stereocenters. The van der Waals surface area contributed by atoms with Crippen molar-refractivity contribution in [2.24, 2.45) is 0 Å². The number of benzene rings is 1. The van der Waals surface area contributed by atoms with E-state index in [-0.39, 0.29) is 18.1 Å². The maximum absolute atomic E-state index is 13.1. The first-order chi connectivity index (χ1) is 7.13. The van der Waals surface area contributed by atoms with Gasteiger partial charge in [-0.1, -0.05) is 12.1 Å². The maximum atomic E-state index is 13.1. The molecule has 0 spiro atoms. The van der Waals surface area contributed by atoms with Gasteiger partial charge in [-0.15, -0.1) is 0 Å². The lowest BCUT2D eigenvalue weighted by Crippen LogP contribution is -2.18. The molecule has 0 amide bonds. The van der Waals surface area contributed by atoms with E-state index in [9.17, 15) is 9.18 Å². The minimum atomic E-state index is -0.436. The summed E-state index contributed by atoms with van der Waals surface area (Å²) in [5.74, 6) is -0.665. The van der Waals surface area contributed by atoms with Crippen molar-refractivity contribution in [3.8, 4) is 5.75 Å². The lowest BCUT2D eigenvalue weighted by molar-refractivity contribution is -0.142. The zero-order chi connectivity index (χ0) is 11.3. The first kappa shape index (κ1) is 11.5. The molecule has 0 radical (unpaired) electrons. The van der Waals surface area contributed by atoms with Crippen LogP contribution in [0.4, 0.5) is 4.39 Å². The van der Waals surface area contributed by atoms with Crippen LogP contribution in [-0.4, -0.2) is 19.2 Å². The highest BCUT2D eigenvalue weighted by Crippen LogP contribution is 2.17. The molecule has 15 heavy (non-hydrogen) atoms. The van der Waals surface area contributed by atoms with Gasteiger partial charge in [-0.25, -0.2) is 4.39 Å². The van der Waals surface area contributed by atoms with E-state index in [1.54, 1.807) is 19.1 Å². The monoisotopic (exact) mass is 212 g/mol. The molecule has 0 aromatic heterocycles. The quantitative estimate of drug-likeness (QED) is 0.717. The maximum Gasteiger partial charge on any atom is 0.309 e. The lowest BCUT2D eigenvalue weighted by Gasteiger charge is -2.13. The normalized spacial score (nSPS) is 11.9. The molecule has 0 aliphatic carbocycles. The fourth-order valence-corrected chi connectivity index (χ4v) is 1.12. The van der Waals surface area contributed by atoms with Crippen molar-refractivity contribution in [2.75, 3.05) is 7.11 Å². The number of carbonyl (C=O) groups is 1. The average Bonchev–Trinajstić information content (AvgIpc) is 2.21. The summed E-state index contributed by atoms with van der Waals surface area (Å²) in [6.07, 6.45) is -0.306. The van der Waals surface area contributed by atoms with Gasteiger partial charge in [0.15, 0.2) is 11.6 Å². The second-order valence-electron chi connectivity index (χ2n) is 3.14. The Labute approximate surface area is 87.8 Å². The molecule has 1 atom stereocenters. The third kappa shape index (κ3) is 3.58. The summed E-state index contributed by atoms with van der Waals surface area (Å²) in [7, 11) is 1.30. The van der Waals surface area contributed by atoms with Crippen LogP contribution in [0.1, 0.15) is 13.3 Å². The van der Waals surface area contributed by atoms with Crippen LogP contribution < -0.4 is 4.74 Å². The van der Waals surface area contributed by atoms with Crippen molar-refractivity contribution in [3.63, 3.8) is 0 Å². The molecular formula is C11H13FO3. The molecule has 0 aliphatic rings. The van der Waals surface area contributed by atoms with Crippen molar-refractivity contribution in [3.05, 3.63) is 30.1 Å². The lowest BCUT2D eigenvalue weighted by atomic mass is 10.3. The van der Waals surface area contributed by atoms with E-state index in [1.165, 1.54) is 19.2 Å². The molecule has 0 fully saturated rings. The standard InChI is InChI=1S/C11H13FO3/c1-8(7-11(13)14-2)15-10-6-4-3-5-9(10)12/h3-6,8H,7H2,1-2H3. The highest BCUT2D eigenvalue weighted by molar-refractivity contribution is 5.69. The van der Waals surface area contributed by atoms with Crippen molar-refractivity contribution < 1.29 is 18.7 Å². The Bertz CT molecular complexity index is 338. The summed E-state index contributed by atoms with van der Waals surface area (Å²) in [6, 6.07) is 6.07. The number of hydrogen-bond acceptors (Lipinski definition) is 3. The van der Waals surface area contributed by atoms with Gasteiger partial charge in [0.2, 0.25) is 0 Å². The van der Waals surface area contributed by atoms with E-state index < -0.39 is 11.9 Å². The first-order valence-electron chi connectivity index (χ1n) is 4.61. The summed E-state index contributed by atoms with van der Waals surface area (Å²) >= 11 is 0. The topological polar surface area (TPSA) is 35.5 Å². The van der Waals surface area contributed by atoms with Crippen LogP contribution in [0.15, 0.2) is 24.3 Å². The van der Waals surface area contributed by atoms with Crippen LogP contribution in [0.2, 0.25) is 0 Å². The first-order valence-corrected chi connectivity index (χ1v) is 4.61. The van der Waals surface area contributed by atoms with E-state index in [0.29, 0.717) is 0 Å². The number of ether oxygens (including phenoxy) is 2. The molecule has 3 nitrogen and oxygen atoms in total. The Morgan fingerprint density at radius 1 is 1.47 bits per heavy atom. The Hall–Kier alpha value is -1.58. The Kier molecular flexibility index (Phi) is 4.09. The zero-order valence-corrected chi connectivity index (χ0v) is 8.70. The van der Waals surface area contributed by atoms with Gasteiger partial charge in [0, 0.05) is 0 Å². The molecule has 0 bridgehead atoms. The minimum Gasteiger partial charge on any atom is -0.487 e. The molecule has 82 valence electrons. The van der Waals surface area contributed by atoms with E-state index in [0.717, 1.165) is 0 Å². The predicted molar refractivity (Wildman–Crippen MR) is 53.1 cm³/mol. The number of rotatable bonds is 4. The second kappa shape index (κ2) is 5.34. The van der Waals surface area contributed by atoms with Gasteiger partial charge in [-0.3, -0.25) is 4.79 Å². The zero-order valence-electron chi connectivity index (χ0n) is 8.70. The molecular weight excluding hydrogens is 199 g/mol. The number of hydrogen-bond donors (Lipinski definition) is 0. The van der Waals surface area contributed by atoms with Gasteiger partial charge >= 0.3 is 5.97 Å². The van der Waals surface area contributed by atoms with Gasteiger partial charge in [-0.05, 0) is 19.1 Å². The second-order valence-corrected chi connectivity index (χ2v) is 3.14. The molecule has 0 saturated carbocycles. The van der Waals surface area contributed by atoms with Crippen molar-refractivity contribution in [2.45, 2.75) is 19.4 Å². The molecule has 0 heterocycles. The largest absolute Gasteiger partial charge is 0.487 e. The SMILES string of the molecule is COC(=O)CC(C)Oc1ccccc1F. The minimum absolute atomic E-state index is 0.102. The van der Waals surface area contributed by atoms with Crippen molar-refractivity contribution >= 4 is 5.97 Å². The third-order valence-electron chi connectivity index (χ3n) is 1.85. The summed E-state index contributed by atoms with van der Waals surface area (Å²) in [5, 5.41) is 0. The highest BCUT2D eigenvalue weighted by Gasteiger charge is 2.12. The fourth-order valence-electron chi connectivity index (χ4n) is 1.12. The molecule has 0 aliphatic heterocycles. The van der Waals surface area contributed by atoms with Crippen LogP contribution >= 0.6 is 0 Å².